The zero-order valence-corrected chi connectivity index (χ0v) is 11.5. The first kappa shape index (κ1) is 14.4. The number of amides is 2. The van der Waals surface area contributed by atoms with Gasteiger partial charge in [0.25, 0.3) is 5.91 Å². The van der Waals surface area contributed by atoms with Crippen LogP contribution < -0.4 is 10.6 Å². The molecule has 1 rings (SSSR count). The third-order valence-corrected chi connectivity index (χ3v) is 2.43. The number of benzene rings is 1. The lowest BCUT2D eigenvalue weighted by molar-refractivity contribution is -0.120. The van der Waals surface area contributed by atoms with E-state index in [4.69, 9.17) is 0 Å². The largest absolute Gasteiger partial charge is 0.352 e. The van der Waals surface area contributed by atoms with Crippen molar-refractivity contribution in [3.63, 3.8) is 0 Å². The molecule has 0 aromatic heterocycles. The molecule has 0 atom stereocenters. The molecule has 1 aromatic rings. The Morgan fingerprint density at radius 1 is 1.17 bits per heavy atom. The summed E-state index contributed by atoms with van der Waals surface area (Å²) in [6.45, 7) is 4.32. The Kier molecular flexibility index (Phi) is 6.14. The molecule has 0 aliphatic heterocycles. The number of halogens is 1. The normalized spacial score (nSPS) is 9.61. The molecular weight excluding hydrogens is 296 g/mol. The van der Waals surface area contributed by atoms with E-state index in [1.165, 1.54) is 0 Å². The molecule has 4 nitrogen and oxygen atoms in total. The molecule has 0 aliphatic rings. The minimum atomic E-state index is -0.173. The van der Waals surface area contributed by atoms with Gasteiger partial charge in [-0.1, -0.05) is 40.7 Å². The van der Waals surface area contributed by atoms with Gasteiger partial charge in [-0.05, 0) is 12.1 Å². The van der Waals surface area contributed by atoms with Crippen LogP contribution in [0.15, 0.2) is 41.4 Å². The van der Waals surface area contributed by atoms with Gasteiger partial charge in [-0.3, -0.25) is 9.59 Å². The quantitative estimate of drug-likeness (QED) is 0.842. The summed E-state index contributed by atoms with van der Waals surface area (Å²) in [4.78, 5) is 23.0. The molecule has 0 radical (unpaired) electrons. The Balaban J connectivity index is 2.24. The average Bonchev–Trinajstić information content (AvgIpc) is 2.37. The number of rotatable bonds is 6. The maximum Gasteiger partial charge on any atom is 0.251 e. The predicted molar refractivity (Wildman–Crippen MR) is 74.5 cm³/mol. The molecule has 0 spiro atoms. The van der Waals surface area contributed by atoms with Crippen LogP contribution in [0.25, 0.3) is 0 Å². The van der Waals surface area contributed by atoms with E-state index in [1.807, 2.05) is 6.07 Å². The summed E-state index contributed by atoms with van der Waals surface area (Å²) in [5.41, 5.74) is 0.590. The van der Waals surface area contributed by atoms with Crippen LogP contribution in [-0.4, -0.2) is 24.9 Å². The van der Waals surface area contributed by atoms with Gasteiger partial charge >= 0.3 is 0 Å². The highest BCUT2D eigenvalue weighted by molar-refractivity contribution is 9.11. The number of hydrogen-bond donors (Lipinski definition) is 2. The first-order valence-electron chi connectivity index (χ1n) is 5.53. The number of nitrogens with one attached hydrogen (secondary N) is 2. The third-order valence-electron chi connectivity index (χ3n) is 2.15. The van der Waals surface area contributed by atoms with E-state index in [2.05, 4.69) is 33.1 Å². The van der Waals surface area contributed by atoms with Crippen LogP contribution in [0, 0.1) is 0 Å². The van der Waals surface area contributed by atoms with Gasteiger partial charge in [-0.2, -0.15) is 0 Å². The van der Waals surface area contributed by atoms with Crippen LogP contribution in [-0.2, 0) is 4.79 Å². The van der Waals surface area contributed by atoms with Gasteiger partial charge in [0.1, 0.15) is 0 Å². The van der Waals surface area contributed by atoms with E-state index in [9.17, 15) is 9.59 Å². The molecule has 0 heterocycles. The third kappa shape index (κ3) is 5.63. The topological polar surface area (TPSA) is 58.2 Å². The standard InChI is InChI=1S/C13H15BrN2O2/c1-10(14)9-16-12(17)7-8-15-13(18)11-5-3-2-4-6-11/h2-6H,1,7-9H2,(H,15,18)(H,16,17). The Morgan fingerprint density at radius 2 is 1.83 bits per heavy atom. The highest BCUT2D eigenvalue weighted by Crippen LogP contribution is 1.98. The minimum absolute atomic E-state index is 0.121. The predicted octanol–water partition coefficient (Wildman–Crippen LogP) is 1.83. The van der Waals surface area contributed by atoms with Crippen molar-refractivity contribution in [3.8, 4) is 0 Å². The second-order valence-electron chi connectivity index (χ2n) is 3.67. The summed E-state index contributed by atoms with van der Waals surface area (Å²) in [6.07, 6.45) is 0.249. The van der Waals surface area contributed by atoms with Crippen molar-refractivity contribution < 1.29 is 9.59 Å². The van der Waals surface area contributed by atoms with Crippen molar-refractivity contribution in [1.82, 2.24) is 10.6 Å². The maximum absolute atomic E-state index is 11.6. The van der Waals surface area contributed by atoms with Crippen molar-refractivity contribution in [2.75, 3.05) is 13.1 Å². The Bertz CT molecular complexity index is 432. The molecule has 96 valence electrons. The van der Waals surface area contributed by atoms with Crippen LogP contribution in [0.1, 0.15) is 16.8 Å². The second kappa shape index (κ2) is 7.66. The van der Waals surface area contributed by atoms with Crippen LogP contribution in [0.2, 0.25) is 0 Å². The van der Waals surface area contributed by atoms with Crippen LogP contribution in [0.3, 0.4) is 0 Å². The molecular formula is C13H15BrN2O2. The molecule has 0 bridgehead atoms. The Labute approximate surface area is 115 Å². The lowest BCUT2D eigenvalue weighted by atomic mass is 10.2. The van der Waals surface area contributed by atoms with E-state index in [0.29, 0.717) is 23.1 Å². The van der Waals surface area contributed by atoms with E-state index in [1.54, 1.807) is 24.3 Å². The Morgan fingerprint density at radius 3 is 2.44 bits per heavy atom. The van der Waals surface area contributed by atoms with E-state index >= 15 is 0 Å². The molecule has 0 unspecified atom stereocenters. The molecule has 0 aliphatic carbocycles. The first-order valence-corrected chi connectivity index (χ1v) is 6.32. The van der Waals surface area contributed by atoms with Crippen molar-refractivity contribution in [1.29, 1.82) is 0 Å². The lowest BCUT2D eigenvalue weighted by Gasteiger charge is -2.06. The highest BCUT2D eigenvalue weighted by Gasteiger charge is 2.05. The molecule has 2 amide bonds. The monoisotopic (exact) mass is 310 g/mol. The molecule has 2 N–H and O–H groups in total. The zero-order chi connectivity index (χ0) is 13.4. The van der Waals surface area contributed by atoms with Gasteiger partial charge in [0.05, 0.1) is 0 Å². The summed E-state index contributed by atoms with van der Waals surface area (Å²) >= 11 is 3.15. The van der Waals surface area contributed by atoms with Gasteiger partial charge in [-0.15, -0.1) is 0 Å². The van der Waals surface area contributed by atoms with Gasteiger partial charge in [0, 0.05) is 29.6 Å². The molecule has 18 heavy (non-hydrogen) atoms. The molecule has 0 fully saturated rings. The average molecular weight is 311 g/mol. The molecule has 0 saturated carbocycles. The zero-order valence-electron chi connectivity index (χ0n) is 9.91. The number of hydrogen-bond acceptors (Lipinski definition) is 2. The van der Waals surface area contributed by atoms with Gasteiger partial charge < -0.3 is 10.6 Å². The van der Waals surface area contributed by atoms with Crippen molar-refractivity contribution in [2.45, 2.75) is 6.42 Å². The Hall–Kier alpha value is -1.62. The van der Waals surface area contributed by atoms with E-state index in [-0.39, 0.29) is 18.2 Å². The lowest BCUT2D eigenvalue weighted by Crippen LogP contribution is -2.31. The fourth-order valence-corrected chi connectivity index (χ4v) is 1.40. The fourth-order valence-electron chi connectivity index (χ4n) is 1.26. The summed E-state index contributed by atoms with van der Waals surface area (Å²) in [5.74, 6) is -0.294. The number of carbonyl (C=O) groups is 2. The number of carbonyl (C=O) groups excluding carboxylic acids is 2. The maximum atomic E-state index is 11.6. The first-order chi connectivity index (χ1) is 8.59. The van der Waals surface area contributed by atoms with E-state index in [0.717, 1.165) is 0 Å². The molecule has 5 heteroatoms. The minimum Gasteiger partial charge on any atom is -0.352 e. The van der Waals surface area contributed by atoms with Gasteiger partial charge in [0.15, 0.2) is 0 Å². The van der Waals surface area contributed by atoms with Gasteiger partial charge in [-0.25, -0.2) is 0 Å². The van der Waals surface area contributed by atoms with Crippen molar-refractivity contribution in [2.24, 2.45) is 0 Å². The second-order valence-corrected chi connectivity index (χ2v) is 4.79. The van der Waals surface area contributed by atoms with Crippen molar-refractivity contribution >= 4 is 27.7 Å². The molecule has 1 aromatic carbocycles. The van der Waals surface area contributed by atoms with E-state index < -0.39 is 0 Å². The summed E-state index contributed by atoms with van der Waals surface area (Å²) in [6, 6.07) is 8.89. The van der Waals surface area contributed by atoms with Crippen LogP contribution in [0.4, 0.5) is 0 Å². The summed E-state index contributed by atoms with van der Waals surface area (Å²) in [5, 5.41) is 5.34. The molecule has 0 saturated heterocycles. The van der Waals surface area contributed by atoms with Crippen LogP contribution >= 0.6 is 15.9 Å². The summed E-state index contributed by atoms with van der Waals surface area (Å²) in [7, 11) is 0. The van der Waals surface area contributed by atoms with Crippen LogP contribution in [0.5, 0.6) is 0 Å². The fraction of sp³-hybridized carbons (Fsp3) is 0.231. The van der Waals surface area contributed by atoms with Gasteiger partial charge in [0.2, 0.25) is 5.91 Å². The summed E-state index contributed by atoms with van der Waals surface area (Å²) < 4.78 is 0.712. The van der Waals surface area contributed by atoms with Crippen molar-refractivity contribution in [3.05, 3.63) is 47.0 Å². The highest BCUT2D eigenvalue weighted by atomic mass is 79.9. The SMILES string of the molecule is C=C(Br)CNC(=O)CCNC(=O)c1ccccc1. The smallest absolute Gasteiger partial charge is 0.251 e.